The normalized spacial score (nSPS) is 10.0. The summed E-state index contributed by atoms with van der Waals surface area (Å²) in [6, 6.07) is 14.0. The fraction of sp³-hybridized carbons (Fsp3) is 0.125. The molecule has 2 rings (SSSR count). The molecule has 0 aliphatic rings. The van der Waals surface area contributed by atoms with Crippen LogP contribution in [0, 0.1) is 18.2 Å². The summed E-state index contributed by atoms with van der Waals surface area (Å²) in [5.41, 5.74) is 2.73. The number of benzene rings is 2. The Morgan fingerprint density at radius 1 is 1.00 bits per heavy atom. The molecule has 0 fully saturated rings. The van der Waals surface area contributed by atoms with Crippen LogP contribution in [0.1, 0.15) is 16.7 Å². The van der Waals surface area contributed by atoms with Crippen LogP contribution >= 0.6 is 0 Å². The maximum absolute atomic E-state index is 12.9. The smallest absolute Gasteiger partial charge is 0.123 e. The molecule has 0 bridgehead atoms. The van der Waals surface area contributed by atoms with Gasteiger partial charge in [0.2, 0.25) is 0 Å². The minimum atomic E-state index is -0.241. The van der Waals surface area contributed by atoms with Crippen molar-refractivity contribution in [3.63, 3.8) is 0 Å². The quantitative estimate of drug-likeness (QED) is 0.743. The number of hydrogen-bond donors (Lipinski definition) is 0. The Hall–Kier alpha value is -2.11. The molecule has 0 radical (unpaired) electrons. The first-order chi connectivity index (χ1) is 8.78. The third kappa shape index (κ3) is 3.44. The second kappa shape index (κ2) is 6.00. The van der Waals surface area contributed by atoms with Gasteiger partial charge in [-0.2, -0.15) is 0 Å². The van der Waals surface area contributed by atoms with E-state index in [-0.39, 0.29) is 5.82 Å². The van der Waals surface area contributed by atoms with E-state index < -0.39 is 0 Å². The highest BCUT2D eigenvalue weighted by atomic mass is 19.1. The summed E-state index contributed by atoms with van der Waals surface area (Å²) >= 11 is 0. The first kappa shape index (κ1) is 12.3. The first-order valence-corrected chi connectivity index (χ1v) is 5.65. The van der Waals surface area contributed by atoms with E-state index in [2.05, 4.69) is 5.92 Å². The molecule has 0 aliphatic carbocycles. The molecule has 90 valence electrons. The van der Waals surface area contributed by atoms with E-state index in [9.17, 15) is 4.39 Å². The minimum Gasteiger partial charge on any atom is -0.372 e. The summed E-state index contributed by atoms with van der Waals surface area (Å²) in [5.74, 6) is 2.32. The SMILES string of the molecule is C#Cc1ccc(COCc2cccc(F)c2)cc1. The monoisotopic (exact) mass is 240 g/mol. The van der Waals surface area contributed by atoms with Gasteiger partial charge >= 0.3 is 0 Å². The zero-order valence-electron chi connectivity index (χ0n) is 9.90. The van der Waals surface area contributed by atoms with Gasteiger partial charge in [-0.25, -0.2) is 4.39 Å². The Morgan fingerprint density at radius 2 is 1.72 bits per heavy atom. The Labute approximate surface area is 106 Å². The standard InChI is InChI=1S/C16H13FO/c1-2-13-6-8-14(9-7-13)11-18-12-15-4-3-5-16(17)10-15/h1,3-10H,11-12H2. The van der Waals surface area contributed by atoms with Crippen LogP contribution in [-0.4, -0.2) is 0 Å². The van der Waals surface area contributed by atoms with E-state index in [1.165, 1.54) is 12.1 Å². The highest BCUT2D eigenvalue weighted by molar-refractivity contribution is 5.33. The summed E-state index contributed by atoms with van der Waals surface area (Å²) in [6.45, 7) is 0.885. The van der Waals surface area contributed by atoms with Gasteiger partial charge in [0.15, 0.2) is 0 Å². The number of rotatable bonds is 4. The Morgan fingerprint density at radius 3 is 2.39 bits per heavy atom. The molecule has 0 aromatic heterocycles. The van der Waals surface area contributed by atoms with Gasteiger partial charge in [0.05, 0.1) is 13.2 Å². The number of terminal acetylenes is 1. The summed E-state index contributed by atoms with van der Waals surface area (Å²) in [6.07, 6.45) is 5.27. The molecule has 0 saturated carbocycles. The van der Waals surface area contributed by atoms with E-state index in [1.807, 2.05) is 30.3 Å². The van der Waals surface area contributed by atoms with Gasteiger partial charge in [0.25, 0.3) is 0 Å². The van der Waals surface area contributed by atoms with Crippen LogP contribution in [0.25, 0.3) is 0 Å². The highest BCUT2D eigenvalue weighted by Crippen LogP contribution is 2.08. The number of hydrogen-bond acceptors (Lipinski definition) is 1. The van der Waals surface area contributed by atoms with Gasteiger partial charge in [-0.1, -0.05) is 30.2 Å². The van der Waals surface area contributed by atoms with E-state index in [4.69, 9.17) is 11.2 Å². The van der Waals surface area contributed by atoms with Gasteiger partial charge in [-0.15, -0.1) is 6.42 Å². The first-order valence-electron chi connectivity index (χ1n) is 5.65. The van der Waals surface area contributed by atoms with Crippen LogP contribution in [0.3, 0.4) is 0 Å². The Bertz CT molecular complexity index is 552. The summed E-state index contributed by atoms with van der Waals surface area (Å²) in [4.78, 5) is 0. The van der Waals surface area contributed by atoms with Gasteiger partial charge in [-0.3, -0.25) is 0 Å². The predicted octanol–water partition coefficient (Wildman–Crippen LogP) is 3.52. The maximum Gasteiger partial charge on any atom is 0.123 e. The zero-order valence-corrected chi connectivity index (χ0v) is 9.90. The fourth-order valence-electron chi connectivity index (χ4n) is 1.61. The molecule has 2 aromatic carbocycles. The van der Waals surface area contributed by atoms with E-state index in [0.29, 0.717) is 13.2 Å². The molecule has 0 saturated heterocycles. The largest absolute Gasteiger partial charge is 0.372 e. The summed E-state index contributed by atoms with van der Waals surface area (Å²) in [5, 5.41) is 0. The third-order valence-electron chi connectivity index (χ3n) is 2.55. The van der Waals surface area contributed by atoms with Gasteiger partial charge in [0.1, 0.15) is 5.82 Å². The number of halogens is 1. The van der Waals surface area contributed by atoms with Crippen molar-refractivity contribution in [2.75, 3.05) is 0 Å². The molecule has 0 heterocycles. The average Bonchev–Trinajstić information content (AvgIpc) is 2.40. The highest BCUT2D eigenvalue weighted by Gasteiger charge is 1.97. The summed E-state index contributed by atoms with van der Waals surface area (Å²) in [7, 11) is 0. The molecule has 0 amide bonds. The van der Waals surface area contributed by atoms with Crippen molar-refractivity contribution < 1.29 is 9.13 Å². The van der Waals surface area contributed by atoms with Gasteiger partial charge < -0.3 is 4.74 Å². The van der Waals surface area contributed by atoms with Crippen LogP contribution < -0.4 is 0 Å². The lowest BCUT2D eigenvalue weighted by molar-refractivity contribution is 0.107. The van der Waals surface area contributed by atoms with Gasteiger partial charge in [-0.05, 0) is 35.4 Å². The average molecular weight is 240 g/mol. The van der Waals surface area contributed by atoms with Crippen LogP contribution in [0.2, 0.25) is 0 Å². The van der Waals surface area contributed by atoms with Crippen LogP contribution in [-0.2, 0) is 18.0 Å². The lowest BCUT2D eigenvalue weighted by Crippen LogP contribution is -1.94. The zero-order chi connectivity index (χ0) is 12.8. The molecular formula is C16H13FO. The van der Waals surface area contributed by atoms with Crippen molar-refractivity contribution in [1.29, 1.82) is 0 Å². The van der Waals surface area contributed by atoms with Crippen molar-refractivity contribution in [3.05, 3.63) is 71.0 Å². The topological polar surface area (TPSA) is 9.23 Å². The Balaban J connectivity index is 1.86. The fourth-order valence-corrected chi connectivity index (χ4v) is 1.61. The van der Waals surface area contributed by atoms with Gasteiger partial charge in [0, 0.05) is 5.56 Å². The van der Waals surface area contributed by atoms with Crippen molar-refractivity contribution in [2.45, 2.75) is 13.2 Å². The molecule has 0 spiro atoms. The van der Waals surface area contributed by atoms with Crippen molar-refractivity contribution in [2.24, 2.45) is 0 Å². The second-order valence-electron chi connectivity index (χ2n) is 3.96. The van der Waals surface area contributed by atoms with Crippen LogP contribution in [0.5, 0.6) is 0 Å². The molecule has 0 unspecified atom stereocenters. The van der Waals surface area contributed by atoms with Crippen molar-refractivity contribution >= 4 is 0 Å². The van der Waals surface area contributed by atoms with E-state index >= 15 is 0 Å². The number of ether oxygens (including phenoxy) is 1. The van der Waals surface area contributed by atoms with Crippen LogP contribution in [0.15, 0.2) is 48.5 Å². The van der Waals surface area contributed by atoms with Crippen molar-refractivity contribution in [1.82, 2.24) is 0 Å². The second-order valence-corrected chi connectivity index (χ2v) is 3.96. The minimum absolute atomic E-state index is 0.241. The maximum atomic E-state index is 12.9. The molecular weight excluding hydrogens is 227 g/mol. The molecule has 0 N–H and O–H groups in total. The molecule has 1 nitrogen and oxygen atoms in total. The summed E-state index contributed by atoms with van der Waals surface area (Å²) < 4.78 is 18.4. The third-order valence-corrected chi connectivity index (χ3v) is 2.55. The molecule has 0 aliphatic heterocycles. The van der Waals surface area contributed by atoms with E-state index in [0.717, 1.165) is 16.7 Å². The Kier molecular flexibility index (Phi) is 4.11. The molecule has 0 atom stereocenters. The van der Waals surface area contributed by atoms with E-state index in [1.54, 1.807) is 6.07 Å². The van der Waals surface area contributed by atoms with Crippen LogP contribution in [0.4, 0.5) is 4.39 Å². The molecule has 18 heavy (non-hydrogen) atoms. The lowest BCUT2D eigenvalue weighted by Gasteiger charge is -2.05. The molecule has 2 heteroatoms. The van der Waals surface area contributed by atoms with Crippen molar-refractivity contribution in [3.8, 4) is 12.3 Å². The lowest BCUT2D eigenvalue weighted by atomic mass is 10.1. The predicted molar refractivity (Wildman–Crippen MR) is 69.3 cm³/mol. The molecule has 2 aromatic rings.